The van der Waals surface area contributed by atoms with Crippen LogP contribution in [0.4, 0.5) is 0 Å². The predicted octanol–water partition coefficient (Wildman–Crippen LogP) is 4.34. The van der Waals surface area contributed by atoms with Gasteiger partial charge in [0.25, 0.3) is 5.91 Å². The molecular formula is C24H21NO4. The number of carbonyl (C=O) groups excluding carboxylic acids is 2. The minimum atomic E-state index is -0.629. The zero-order chi connectivity index (χ0) is 20.2. The smallest absolute Gasteiger partial charge is 0.318 e. The van der Waals surface area contributed by atoms with Crippen LogP contribution in [-0.2, 0) is 14.3 Å². The standard InChI is InChI=1S/C24H21NO4/c1-16(17-9-3-2-4-10-17)25-22(26)15-28-24(27)23-18-11-5-7-13-20(18)29-21-14-8-6-12-19(21)23/h2-14,16,23H,15H2,1H3,(H,25,26)/t16-/m1/s1. The monoisotopic (exact) mass is 387 g/mol. The van der Waals surface area contributed by atoms with Crippen LogP contribution < -0.4 is 10.1 Å². The average Bonchev–Trinajstić information content (AvgIpc) is 2.76. The third-order valence-electron chi connectivity index (χ3n) is 4.94. The molecule has 3 aromatic rings. The second-order valence-electron chi connectivity index (χ2n) is 6.92. The van der Waals surface area contributed by atoms with E-state index in [1.807, 2.05) is 85.8 Å². The minimum Gasteiger partial charge on any atom is -0.457 e. The number of esters is 1. The van der Waals surface area contributed by atoms with E-state index in [0.29, 0.717) is 11.5 Å². The van der Waals surface area contributed by atoms with Gasteiger partial charge < -0.3 is 14.8 Å². The SMILES string of the molecule is C[C@@H](NC(=O)COC(=O)C1c2ccccc2Oc2ccccc21)c1ccccc1. The van der Waals surface area contributed by atoms with Gasteiger partial charge in [0.15, 0.2) is 6.61 Å². The van der Waals surface area contributed by atoms with Crippen LogP contribution >= 0.6 is 0 Å². The molecule has 1 atom stereocenters. The molecule has 0 aliphatic carbocycles. The number of fused-ring (bicyclic) bond motifs is 2. The second kappa shape index (κ2) is 8.19. The largest absolute Gasteiger partial charge is 0.457 e. The van der Waals surface area contributed by atoms with Crippen LogP contribution in [0.3, 0.4) is 0 Å². The van der Waals surface area contributed by atoms with Crippen molar-refractivity contribution in [1.29, 1.82) is 0 Å². The van der Waals surface area contributed by atoms with Crippen molar-refractivity contribution in [2.45, 2.75) is 18.9 Å². The number of rotatable bonds is 5. The van der Waals surface area contributed by atoms with Crippen molar-refractivity contribution in [3.8, 4) is 11.5 Å². The van der Waals surface area contributed by atoms with Gasteiger partial charge in [-0.3, -0.25) is 9.59 Å². The zero-order valence-electron chi connectivity index (χ0n) is 16.0. The van der Waals surface area contributed by atoms with Gasteiger partial charge in [-0.05, 0) is 24.6 Å². The van der Waals surface area contributed by atoms with Crippen molar-refractivity contribution >= 4 is 11.9 Å². The summed E-state index contributed by atoms with van der Waals surface area (Å²) in [5.41, 5.74) is 2.45. The summed E-state index contributed by atoms with van der Waals surface area (Å²) < 4.78 is 11.3. The molecule has 0 radical (unpaired) electrons. The molecule has 5 heteroatoms. The Bertz CT molecular complexity index is 986. The topological polar surface area (TPSA) is 64.6 Å². The van der Waals surface area contributed by atoms with E-state index in [-0.39, 0.29) is 18.6 Å². The number of hydrogen-bond donors (Lipinski definition) is 1. The summed E-state index contributed by atoms with van der Waals surface area (Å²) >= 11 is 0. The molecule has 1 aliphatic rings. The summed E-state index contributed by atoms with van der Waals surface area (Å²) in [6.07, 6.45) is 0. The number of carbonyl (C=O) groups is 2. The third-order valence-corrected chi connectivity index (χ3v) is 4.94. The van der Waals surface area contributed by atoms with E-state index in [0.717, 1.165) is 16.7 Å². The lowest BCUT2D eigenvalue weighted by Gasteiger charge is -2.26. The molecule has 5 nitrogen and oxygen atoms in total. The maximum absolute atomic E-state index is 12.9. The molecule has 0 unspecified atom stereocenters. The Hall–Kier alpha value is -3.60. The normalized spacial score (nSPS) is 13.4. The maximum Gasteiger partial charge on any atom is 0.318 e. The first-order chi connectivity index (χ1) is 14.1. The van der Waals surface area contributed by atoms with E-state index in [1.54, 1.807) is 0 Å². The summed E-state index contributed by atoms with van der Waals surface area (Å²) in [5.74, 6) is -0.208. The molecule has 4 rings (SSSR count). The van der Waals surface area contributed by atoms with Crippen LogP contribution in [0, 0.1) is 0 Å². The van der Waals surface area contributed by atoms with E-state index in [2.05, 4.69) is 5.32 Å². The van der Waals surface area contributed by atoms with Crippen LogP contribution in [0.25, 0.3) is 0 Å². The average molecular weight is 387 g/mol. The van der Waals surface area contributed by atoms with Gasteiger partial charge in [0.05, 0.1) is 6.04 Å². The molecule has 0 fully saturated rings. The molecule has 1 aliphatic heterocycles. The van der Waals surface area contributed by atoms with Gasteiger partial charge in [-0.25, -0.2) is 0 Å². The lowest BCUT2D eigenvalue weighted by Crippen LogP contribution is -2.32. The first-order valence-electron chi connectivity index (χ1n) is 9.50. The van der Waals surface area contributed by atoms with Gasteiger partial charge in [0.1, 0.15) is 17.4 Å². The van der Waals surface area contributed by atoms with E-state index in [9.17, 15) is 9.59 Å². The number of benzene rings is 3. The molecule has 0 spiro atoms. The summed E-state index contributed by atoms with van der Waals surface area (Å²) in [7, 11) is 0. The first kappa shape index (κ1) is 18.7. The van der Waals surface area contributed by atoms with E-state index < -0.39 is 11.9 Å². The number of amides is 1. The van der Waals surface area contributed by atoms with Gasteiger partial charge >= 0.3 is 5.97 Å². The third kappa shape index (κ3) is 3.99. The van der Waals surface area contributed by atoms with Gasteiger partial charge in [-0.2, -0.15) is 0 Å². The zero-order valence-corrected chi connectivity index (χ0v) is 16.0. The predicted molar refractivity (Wildman–Crippen MR) is 109 cm³/mol. The van der Waals surface area contributed by atoms with Crippen molar-refractivity contribution in [1.82, 2.24) is 5.32 Å². The number of hydrogen-bond acceptors (Lipinski definition) is 4. The molecule has 3 aromatic carbocycles. The second-order valence-corrected chi connectivity index (χ2v) is 6.92. The Labute approximate surface area is 169 Å². The van der Waals surface area contributed by atoms with E-state index in [4.69, 9.17) is 9.47 Å². The fourth-order valence-electron chi connectivity index (χ4n) is 3.49. The van der Waals surface area contributed by atoms with E-state index >= 15 is 0 Å². The maximum atomic E-state index is 12.9. The van der Waals surface area contributed by atoms with Crippen molar-refractivity contribution in [3.05, 3.63) is 95.6 Å². The highest BCUT2D eigenvalue weighted by atomic mass is 16.5. The van der Waals surface area contributed by atoms with Gasteiger partial charge in [0, 0.05) is 11.1 Å². The fourth-order valence-corrected chi connectivity index (χ4v) is 3.49. The quantitative estimate of drug-likeness (QED) is 0.661. The van der Waals surface area contributed by atoms with Crippen molar-refractivity contribution in [2.75, 3.05) is 6.61 Å². The first-order valence-corrected chi connectivity index (χ1v) is 9.50. The highest BCUT2D eigenvalue weighted by Crippen LogP contribution is 2.44. The lowest BCUT2D eigenvalue weighted by atomic mass is 9.88. The molecule has 0 bridgehead atoms. The fraction of sp³-hybridized carbons (Fsp3) is 0.167. The molecule has 1 heterocycles. The number of nitrogens with one attached hydrogen (secondary N) is 1. The van der Waals surface area contributed by atoms with Crippen LogP contribution in [0.1, 0.15) is 35.6 Å². The summed E-state index contributed by atoms with van der Waals surface area (Å²) in [6.45, 7) is 1.55. The van der Waals surface area contributed by atoms with Crippen LogP contribution in [-0.4, -0.2) is 18.5 Å². The Morgan fingerprint density at radius 3 is 2.07 bits per heavy atom. The lowest BCUT2D eigenvalue weighted by molar-refractivity contribution is -0.149. The Morgan fingerprint density at radius 1 is 0.897 bits per heavy atom. The molecule has 29 heavy (non-hydrogen) atoms. The summed E-state index contributed by atoms with van der Waals surface area (Å²) in [4.78, 5) is 25.2. The van der Waals surface area contributed by atoms with Crippen LogP contribution in [0.15, 0.2) is 78.9 Å². The van der Waals surface area contributed by atoms with Crippen molar-refractivity contribution < 1.29 is 19.1 Å². The number of ether oxygens (including phenoxy) is 2. The summed E-state index contributed by atoms with van der Waals surface area (Å²) in [6, 6.07) is 24.2. The Balaban J connectivity index is 1.46. The highest BCUT2D eigenvalue weighted by Gasteiger charge is 2.33. The van der Waals surface area contributed by atoms with Gasteiger partial charge in [-0.1, -0.05) is 66.7 Å². The van der Waals surface area contributed by atoms with Gasteiger partial charge in [-0.15, -0.1) is 0 Å². The summed E-state index contributed by atoms with van der Waals surface area (Å²) in [5, 5.41) is 2.85. The Kier molecular flexibility index (Phi) is 5.29. The van der Waals surface area contributed by atoms with Crippen LogP contribution in [0.5, 0.6) is 11.5 Å². The number of para-hydroxylation sites is 2. The Morgan fingerprint density at radius 2 is 1.45 bits per heavy atom. The molecule has 1 amide bonds. The molecule has 1 N–H and O–H groups in total. The molecule has 146 valence electrons. The molecular weight excluding hydrogens is 366 g/mol. The minimum absolute atomic E-state index is 0.174. The molecule has 0 aromatic heterocycles. The van der Waals surface area contributed by atoms with Crippen molar-refractivity contribution in [3.63, 3.8) is 0 Å². The van der Waals surface area contributed by atoms with E-state index in [1.165, 1.54) is 0 Å². The van der Waals surface area contributed by atoms with Crippen LogP contribution in [0.2, 0.25) is 0 Å². The highest BCUT2D eigenvalue weighted by molar-refractivity contribution is 5.87. The van der Waals surface area contributed by atoms with Crippen molar-refractivity contribution in [2.24, 2.45) is 0 Å². The molecule has 0 saturated carbocycles. The van der Waals surface area contributed by atoms with Gasteiger partial charge in [0.2, 0.25) is 0 Å². The molecule has 0 saturated heterocycles.